The molecule has 3 heterocycles. The average Bonchev–Trinajstić information content (AvgIpc) is 2.93. The van der Waals surface area contributed by atoms with Gasteiger partial charge in [0.25, 0.3) is 0 Å². The van der Waals surface area contributed by atoms with Gasteiger partial charge >= 0.3 is 0 Å². The molecule has 0 unspecified atom stereocenters. The Labute approximate surface area is 148 Å². The first-order chi connectivity index (χ1) is 12.4. The summed E-state index contributed by atoms with van der Waals surface area (Å²) in [5.41, 5.74) is 1.16. The van der Waals surface area contributed by atoms with Gasteiger partial charge in [0.1, 0.15) is 0 Å². The van der Waals surface area contributed by atoms with Crippen LogP contribution in [0.5, 0.6) is 11.5 Å². The molecule has 0 spiro atoms. The van der Waals surface area contributed by atoms with Crippen molar-refractivity contribution in [2.45, 2.75) is 31.8 Å². The van der Waals surface area contributed by atoms with Crippen LogP contribution >= 0.6 is 0 Å². The summed E-state index contributed by atoms with van der Waals surface area (Å²) in [4.78, 5) is 11.0. The van der Waals surface area contributed by atoms with Gasteiger partial charge in [-0.2, -0.15) is 0 Å². The zero-order chi connectivity index (χ0) is 16.9. The maximum Gasteiger partial charge on any atom is 0.225 e. The quantitative estimate of drug-likeness (QED) is 0.922. The van der Waals surface area contributed by atoms with E-state index in [4.69, 9.17) is 9.47 Å². The molecular weight excluding hydrogens is 316 g/mol. The second-order valence-corrected chi connectivity index (χ2v) is 6.51. The molecule has 1 fully saturated rings. The van der Waals surface area contributed by atoms with Gasteiger partial charge in [0.15, 0.2) is 11.5 Å². The van der Waals surface area contributed by atoms with Crippen LogP contribution in [-0.2, 0) is 6.54 Å². The molecule has 0 aliphatic carbocycles. The van der Waals surface area contributed by atoms with E-state index in [0.29, 0.717) is 12.6 Å². The third-order valence-corrected chi connectivity index (χ3v) is 4.69. The van der Waals surface area contributed by atoms with Crippen molar-refractivity contribution >= 4 is 5.95 Å². The Kier molecular flexibility index (Phi) is 4.97. The van der Waals surface area contributed by atoms with Crippen LogP contribution in [0.3, 0.4) is 0 Å². The van der Waals surface area contributed by atoms with E-state index in [1.165, 1.54) is 0 Å². The minimum atomic E-state index is 0.417. The lowest BCUT2D eigenvalue weighted by atomic mass is 10.1. The Bertz CT molecular complexity index is 695. The number of hydrogen-bond donors (Lipinski definition) is 1. The molecule has 1 atom stereocenters. The largest absolute Gasteiger partial charge is 0.490 e. The number of rotatable bonds is 4. The SMILES string of the molecule is c1cnc(N2CCC[C@@H](NCc3cccc4c3OCCCO4)C2)nc1. The molecule has 1 saturated heterocycles. The van der Waals surface area contributed by atoms with Crippen molar-refractivity contribution in [1.82, 2.24) is 15.3 Å². The van der Waals surface area contributed by atoms with E-state index in [1.54, 1.807) is 12.4 Å². The van der Waals surface area contributed by atoms with Crippen molar-refractivity contribution in [1.29, 1.82) is 0 Å². The lowest BCUT2D eigenvalue weighted by Gasteiger charge is -2.33. The van der Waals surface area contributed by atoms with Gasteiger partial charge in [0, 0.05) is 50.1 Å². The highest BCUT2D eigenvalue weighted by Crippen LogP contribution is 2.33. The zero-order valence-corrected chi connectivity index (χ0v) is 14.4. The van der Waals surface area contributed by atoms with E-state index in [0.717, 1.165) is 68.5 Å². The number of piperidine rings is 1. The highest BCUT2D eigenvalue weighted by molar-refractivity contribution is 5.47. The molecule has 1 aromatic carbocycles. The van der Waals surface area contributed by atoms with Gasteiger partial charge in [-0.15, -0.1) is 0 Å². The fourth-order valence-electron chi connectivity index (χ4n) is 3.43. The zero-order valence-electron chi connectivity index (χ0n) is 14.4. The van der Waals surface area contributed by atoms with Crippen LogP contribution < -0.4 is 19.7 Å². The molecule has 0 bridgehead atoms. The Morgan fingerprint density at radius 2 is 1.96 bits per heavy atom. The summed E-state index contributed by atoms with van der Waals surface area (Å²) in [6, 6.07) is 8.41. The third kappa shape index (κ3) is 3.85. The van der Waals surface area contributed by atoms with Crippen LogP contribution in [0, 0.1) is 0 Å². The van der Waals surface area contributed by atoms with Gasteiger partial charge in [0.2, 0.25) is 5.95 Å². The van der Waals surface area contributed by atoms with Crippen LogP contribution in [0.15, 0.2) is 36.7 Å². The van der Waals surface area contributed by atoms with E-state index < -0.39 is 0 Å². The molecule has 2 aliphatic heterocycles. The Morgan fingerprint density at radius 3 is 2.88 bits per heavy atom. The lowest BCUT2D eigenvalue weighted by molar-refractivity contribution is 0.295. The van der Waals surface area contributed by atoms with E-state index in [9.17, 15) is 0 Å². The molecule has 6 heteroatoms. The first-order valence-corrected chi connectivity index (χ1v) is 9.03. The first-order valence-electron chi connectivity index (χ1n) is 9.03. The number of nitrogens with zero attached hydrogens (tertiary/aromatic N) is 3. The van der Waals surface area contributed by atoms with Crippen LogP contribution in [-0.4, -0.2) is 42.3 Å². The van der Waals surface area contributed by atoms with E-state index in [1.807, 2.05) is 18.2 Å². The van der Waals surface area contributed by atoms with Crippen molar-refractivity contribution < 1.29 is 9.47 Å². The van der Waals surface area contributed by atoms with E-state index in [2.05, 4.69) is 26.3 Å². The molecule has 0 saturated carbocycles. The minimum absolute atomic E-state index is 0.417. The van der Waals surface area contributed by atoms with Gasteiger partial charge < -0.3 is 19.7 Å². The summed E-state index contributed by atoms with van der Waals surface area (Å²) in [6.07, 6.45) is 6.83. The summed E-state index contributed by atoms with van der Waals surface area (Å²) < 4.78 is 11.7. The van der Waals surface area contributed by atoms with E-state index in [-0.39, 0.29) is 0 Å². The maximum atomic E-state index is 5.91. The van der Waals surface area contributed by atoms with Crippen molar-refractivity contribution in [2.24, 2.45) is 0 Å². The van der Waals surface area contributed by atoms with Gasteiger partial charge in [0.05, 0.1) is 13.2 Å². The number of ether oxygens (including phenoxy) is 2. The number of nitrogens with one attached hydrogen (secondary N) is 1. The summed E-state index contributed by atoms with van der Waals surface area (Å²) in [5.74, 6) is 2.57. The number of para-hydroxylation sites is 1. The van der Waals surface area contributed by atoms with Crippen molar-refractivity contribution in [3.8, 4) is 11.5 Å². The molecule has 1 N–H and O–H groups in total. The molecule has 6 nitrogen and oxygen atoms in total. The second kappa shape index (κ2) is 7.70. The van der Waals surface area contributed by atoms with Gasteiger partial charge in [-0.3, -0.25) is 0 Å². The number of anilines is 1. The summed E-state index contributed by atoms with van der Waals surface area (Å²) in [7, 11) is 0. The minimum Gasteiger partial charge on any atom is -0.490 e. The summed E-state index contributed by atoms with van der Waals surface area (Å²) in [6.45, 7) is 4.15. The maximum absolute atomic E-state index is 5.91. The summed E-state index contributed by atoms with van der Waals surface area (Å²) >= 11 is 0. The van der Waals surface area contributed by atoms with Crippen LogP contribution in [0.25, 0.3) is 0 Å². The van der Waals surface area contributed by atoms with E-state index >= 15 is 0 Å². The number of fused-ring (bicyclic) bond motifs is 1. The van der Waals surface area contributed by atoms with Crippen molar-refractivity contribution in [2.75, 3.05) is 31.2 Å². The number of hydrogen-bond acceptors (Lipinski definition) is 6. The topological polar surface area (TPSA) is 59.5 Å². The molecule has 0 amide bonds. The number of aromatic nitrogens is 2. The molecular formula is C19H24N4O2. The predicted octanol–water partition coefficient (Wildman–Crippen LogP) is 2.40. The highest BCUT2D eigenvalue weighted by atomic mass is 16.5. The number of benzene rings is 1. The Morgan fingerprint density at radius 1 is 1.08 bits per heavy atom. The van der Waals surface area contributed by atoms with Gasteiger partial charge in [-0.25, -0.2) is 9.97 Å². The second-order valence-electron chi connectivity index (χ2n) is 6.51. The smallest absolute Gasteiger partial charge is 0.225 e. The molecule has 2 aliphatic rings. The van der Waals surface area contributed by atoms with Crippen LogP contribution in [0.2, 0.25) is 0 Å². The normalized spacial score (nSPS) is 20.2. The molecule has 1 aromatic heterocycles. The predicted molar refractivity (Wildman–Crippen MR) is 96.2 cm³/mol. The van der Waals surface area contributed by atoms with Crippen molar-refractivity contribution in [3.63, 3.8) is 0 Å². The Balaban J connectivity index is 1.40. The molecule has 2 aromatic rings. The van der Waals surface area contributed by atoms with Crippen LogP contribution in [0.1, 0.15) is 24.8 Å². The van der Waals surface area contributed by atoms with Gasteiger partial charge in [-0.1, -0.05) is 12.1 Å². The molecule has 0 radical (unpaired) electrons. The summed E-state index contributed by atoms with van der Waals surface area (Å²) in [5, 5.41) is 3.68. The fourth-order valence-corrected chi connectivity index (χ4v) is 3.43. The molecule has 132 valence electrons. The highest BCUT2D eigenvalue weighted by Gasteiger charge is 2.22. The molecule has 25 heavy (non-hydrogen) atoms. The van der Waals surface area contributed by atoms with Crippen LogP contribution in [0.4, 0.5) is 5.95 Å². The monoisotopic (exact) mass is 340 g/mol. The standard InChI is InChI=1S/C19H24N4O2/c1-5-15(18-17(7-1)24-11-4-12-25-18)13-22-16-6-2-10-23(14-16)19-20-8-3-9-21-19/h1,3,5,7-9,16,22H,2,4,6,10-14H2/t16-/m1/s1. The van der Waals surface area contributed by atoms with Gasteiger partial charge in [-0.05, 0) is 25.0 Å². The Hall–Kier alpha value is -2.34. The lowest BCUT2D eigenvalue weighted by Crippen LogP contribution is -2.46. The van der Waals surface area contributed by atoms with Crippen molar-refractivity contribution in [3.05, 3.63) is 42.2 Å². The first kappa shape index (κ1) is 16.1. The fraction of sp³-hybridized carbons (Fsp3) is 0.474. The molecule has 4 rings (SSSR count). The third-order valence-electron chi connectivity index (χ3n) is 4.69. The average molecular weight is 340 g/mol.